The molecule has 3 aromatic rings. The predicted octanol–water partition coefficient (Wildman–Crippen LogP) is 2.50. The molecule has 1 amide bonds. The van der Waals surface area contributed by atoms with Crippen LogP contribution >= 0.6 is 11.6 Å². The van der Waals surface area contributed by atoms with Crippen LogP contribution in [0.3, 0.4) is 0 Å². The Morgan fingerprint density at radius 2 is 2.16 bits per heavy atom. The van der Waals surface area contributed by atoms with Crippen molar-refractivity contribution in [3.8, 4) is 0 Å². The van der Waals surface area contributed by atoms with Gasteiger partial charge in [0.2, 0.25) is 15.9 Å². The molecule has 0 aliphatic carbocycles. The normalized spacial score (nSPS) is 17.4. The first-order valence-corrected chi connectivity index (χ1v) is 11.8. The third-order valence-electron chi connectivity index (χ3n) is 5.27. The molecule has 32 heavy (non-hydrogen) atoms. The Morgan fingerprint density at radius 1 is 1.34 bits per heavy atom. The van der Waals surface area contributed by atoms with Crippen molar-refractivity contribution in [2.45, 2.75) is 24.3 Å². The monoisotopic (exact) mass is 480 g/mol. The Balaban J connectivity index is 1.43. The molecule has 1 atom stereocenters. The van der Waals surface area contributed by atoms with Crippen molar-refractivity contribution in [1.29, 1.82) is 0 Å². The first kappa shape index (κ1) is 22.4. The van der Waals surface area contributed by atoms with E-state index in [-0.39, 0.29) is 40.5 Å². The summed E-state index contributed by atoms with van der Waals surface area (Å²) >= 11 is 6.22. The van der Waals surface area contributed by atoms with Crippen LogP contribution in [0.15, 0.2) is 47.8 Å². The lowest BCUT2D eigenvalue weighted by Gasteiger charge is -2.30. The zero-order valence-corrected chi connectivity index (χ0v) is 18.9. The number of hydrogen-bond acceptors (Lipinski definition) is 5. The van der Waals surface area contributed by atoms with Gasteiger partial charge in [-0.15, -0.1) is 0 Å². The highest BCUT2D eigenvalue weighted by Crippen LogP contribution is 2.26. The first-order chi connectivity index (χ1) is 15.2. The van der Waals surface area contributed by atoms with E-state index in [1.807, 2.05) is 0 Å². The van der Waals surface area contributed by atoms with E-state index >= 15 is 0 Å². The van der Waals surface area contributed by atoms with E-state index in [2.05, 4.69) is 15.5 Å². The topological polar surface area (TPSA) is 102 Å². The molecule has 3 heterocycles. The van der Waals surface area contributed by atoms with Crippen LogP contribution in [0.25, 0.3) is 0 Å². The second kappa shape index (κ2) is 9.00. The Kier molecular flexibility index (Phi) is 6.31. The smallest absolute Gasteiger partial charge is 0.246 e. The van der Waals surface area contributed by atoms with Gasteiger partial charge in [0, 0.05) is 32.5 Å². The summed E-state index contributed by atoms with van der Waals surface area (Å²) < 4.78 is 43.3. The van der Waals surface area contributed by atoms with Crippen molar-refractivity contribution in [2.24, 2.45) is 13.0 Å². The molecule has 1 unspecified atom stereocenters. The van der Waals surface area contributed by atoms with E-state index in [1.165, 1.54) is 38.2 Å². The zero-order chi connectivity index (χ0) is 22.9. The number of piperidine rings is 1. The van der Waals surface area contributed by atoms with Crippen molar-refractivity contribution < 1.29 is 17.6 Å². The lowest BCUT2D eigenvalue weighted by Crippen LogP contribution is -2.43. The number of aryl methyl sites for hydroxylation is 1. The summed E-state index contributed by atoms with van der Waals surface area (Å²) in [5, 5.41) is 11.1. The number of carbonyl (C=O) groups excluding carboxylic acids is 1. The van der Waals surface area contributed by atoms with Gasteiger partial charge in [-0.3, -0.25) is 14.2 Å². The molecule has 1 fully saturated rings. The minimum Gasteiger partial charge on any atom is -0.308 e. The number of amides is 1. The standard InChI is InChI=1S/C20H22ClFN6O3S/c1-26-12-17(9-23-26)32(30,31)28-7-3-5-15(11-28)20(29)24-19-18(21)13-27(25-19)10-14-4-2-6-16(22)8-14/h2,4,6,8-9,12-13,15H,3,5,7,10-11H2,1H3,(H,24,25,29). The van der Waals surface area contributed by atoms with Crippen LogP contribution in [0.1, 0.15) is 18.4 Å². The summed E-state index contributed by atoms with van der Waals surface area (Å²) in [7, 11) is -2.09. The molecule has 12 heteroatoms. The molecule has 1 N–H and O–H groups in total. The second-order valence-corrected chi connectivity index (χ2v) is 10.0. The number of carbonyl (C=O) groups is 1. The number of hydrogen-bond donors (Lipinski definition) is 1. The highest BCUT2D eigenvalue weighted by atomic mass is 35.5. The maximum absolute atomic E-state index is 13.4. The molecule has 0 saturated carbocycles. The average molecular weight is 481 g/mol. The summed E-state index contributed by atoms with van der Waals surface area (Å²) in [4.78, 5) is 12.9. The highest BCUT2D eigenvalue weighted by molar-refractivity contribution is 7.89. The molecule has 0 radical (unpaired) electrons. The Hall–Kier alpha value is -2.76. The van der Waals surface area contributed by atoms with Crippen LogP contribution in [0.5, 0.6) is 0 Å². The summed E-state index contributed by atoms with van der Waals surface area (Å²) in [5.74, 6) is -1.06. The van der Waals surface area contributed by atoms with Gasteiger partial charge in [0.15, 0.2) is 5.82 Å². The number of rotatable bonds is 6. The minimum atomic E-state index is -3.73. The van der Waals surface area contributed by atoms with Crippen molar-refractivity contribution in [3.05, 3.63) is 59.3 Å². The average Bonchev–Trinajstić information content (AvgIpc) is 3.34. The SMILES string of the molecule is Cn1cc(S(=O)(=O)N2CCCC(C(=O)Nc3nn(Cc4cccc(F)c4)cc3Cl)C2)cn1. The van der Waals surface area contributed by atoms with Crippen LogP contribution < -0.4 is 5.32 Å². The third kappa shape index (κ3) is 4.84. The van der Waals surface area contributed by atoms with Crippen molar-refractivity contribution >= 4 is 33.3 Å². The van der Waals surface area contributed by atoms with Gasteiger partial charge >= 0.3 is 0 Å². The fourth-order valence-electron chi connectivity index (χ4n) is 3.66. The van der Waals surface area contributed by atoms with Gasteiger partial charge in [-0.2, -0.15) is 14.5 Å². The number of sulfonamides is 1. The summed E-state index contributed by atoms with van der Waals surface area (Å²) in [6.45, 7) is 0.683. The zero-order valence-electron chi connectivity index (χ0n) is 17.3. The maximum atomic E-state index is 13.4. The third-order valence-corrected chi connectivity index (χ3v) is 7.36. The predicted molar refractivity (Wildman–Crippen MR) is 116 cm³/mol. The summed E-state index contributed by atoms with van der Waals surface area (Å²) in [6, 6.07) is 6.11. The molecule has 1 saturated heterocycles. The van der Waals surface area contributed by atoms with Gasteiger partial charge < -0.3 is 5.32 Å². The second-order valence-electron chi connectivity index (χ2n) is 7.69. The fraction of sp³-hybridized carbons (Fsp3) is 0.350. The molecule has 1 aliphatic heterocycles. The lowest BCUT2D eigenvalue weighted by atomic mass is 9.99. The van der Waals surface area contributed by atoms with E-state index in [1.54, 1.807) is 25.4 Å². The van der Waals surface area contributed by atoms with Crippen LogP contribution in [-0.2, 0) is 28.4 Å². The van der Waals surface area contributed by atoms with Crippen molar-refractivity contribution in [2.75, 3.05) is 18.4 Å². The largest absolute Gasteiger partial charge is 0.308 e. The molecule has 0 bridgehead atoms. The minimum absolute atomic E-state index is 0.0602. The van der Waals surface area contributed by atoms with Gasteiger partial charge in [0.05, 0.1) is 18.7 Å². The van der Waals surface area contributed by atoms with Crippen LogP contribution in [0.4, 0.5) is 10.2 Å². The maximum Gasteiger partial charge on any atom is 0.246 e. The summed E-state index contributed by atoms with van der Waals surface area (Å²) in [5.41, 5.74) is 0.700. The van der Waals surface area contributed by atoms with Gasteiger partial charge in [-0.05, 0) is 30.5 Å². The quantitative estimate of drug-likeness (QED) is 0.584. The molecule has 4 rings (SSSR count). The molecule has 1 aliphatic rings. The van der Waals surface area contributed by atoms with Crippen LogP contribution in [0, 0.1) is 11.7 Å². The Morgan fingerprint density at radius 3 is 2.88 bits per heavy atom. The van der Waals surface area contributed by atoms with Gasteiger partial charge in [-0.1, -0.05) is 23.7 Å². The lowest BCUT2D eigenvalue weighted by molar-refractivity contribution is -0.120. The van der Waals surface area contributed by atoms with E-state index in [0.717, 1.165) is 0 Å². The van der Waals surface area contributed by atoms with Crippen LogP contribution in [0.2, 0.25) is 5.02 Å². The molecule has 0 spiro atoms. The first-order valence-electron chi connectivity index (χ1n) is 9.99. The number of benzene rings is 1. The molecular weight excluding hydrogens is 459 g/mol. The molecule has 2 aromatic heterocycles. The highest BCUT2D eigenvalue weighted by Gasteiger charge is 2.34. The van der Waals surface area contributed by atoms with Gasteiger partial charge in [0.25, 0.3) is 0 Å². The summed E-state index contributed by atoms with van der Waals surface area (Å²) in [6.07, 6.45) is 5.38. The van der Waals surface area contributed by atoms with E-state index in [0.29, 0.717) is 24.9 Å². The Labute approximate surface area is 189 Å². The Bertz CT molecular complexity index is 1240. The van der Waals surface area contributed by atoms with E-state index in [9.17, 15) is 17.6 Å². The molecule has 9 nitrogen and oxygen atoms in total. The van der Waals surface area contributed by atoms with Crippen molar-refractivity contribution in [1.82, 2.24) is 23.9 Å². The fourth-order valence-corrected chi connectivity index (χ4v) is 5.37. The van der Waals surface area contributed by atoms with Gasteiger partial charge in [-0.25, -0.2) is 12.8 Å². The van der Waals surface area contributed by atoms with E-state index in [4.69, 9.17) is 11.6 Å². The molecule has 1 aromatic carbocycles. The number of nitrogens with zero attached hydrogens (tertiary/aromatic N) is 5. The van der Waals surface area contributed by atoms with E-state index < -0.39 is 15.9 Å². The van der Waals surface area contributed by atoms with Crippen molar-refractivity contribution in [3.63, 3.8) is 0 Å². The number of halogens is 2. The number of aromatic nitrogens is 4. The number of nitrogens with one attached hydrogen (secondary N) is 1. The molecular formula is C20H22ClFN6O3S. The van der Waals surface area contributed by atoms with Crippen LogP contribution in [-0.4, -0.2) is 51.3 Å². The van der Waals surface area contributed by atoms with Gasteiger partial charge in [0.1, 0.15) is 15.7 Å². The molecule has 170 valence electrons. The number of anilines is 1.